The van der Waals surface area contributed by atoms with E-state index in [9.17, 15) is 19.5 Å². The minimum Gasteiger partial charge on any atom is -0.481 e. The zero-order valence-electron chi connectivity index (χ0n) is 15.3. The number of rotatable bonds is 4. The number of fused-ring (bicyclic) bond motifs is 1. The third-order valence-electron chi connectivity index (χ3n) is 4.56. The van der Waals surface area contributed by atoms with Crippen LogP contribution < -0.4 is 11.2 Å². The highest BCUT2D eigenvalue weighted by molar-refractivity contribution is 6.31. The number of halogens is 1. The van der Waals surface area contributed by atoms with Crippen LogP contribution >= 0.6 is 11.6 Å². The van der Waals surface area contributed by atoms with Gasteiger partial charge in [-0.15, -0.1) is 0 Å². The van der Waals surface area contributed by atoms with Crippen molar-refractivity contribution in [3.63, 3.8) is 0 Å². The largest absolute Gasteiger partial charge is 0.481 e. The van der Waals surface area contributed by atoms with Crippen molar-refractivity contribution in [2.24, 2.45) is 5.73 Å². The van der Waals surface area contributed by atoms with Gasteiger partial charge in [0.15, 0.2) is 5.43 Å². The Bertz CT molecular complexity index is 1200. The lowest BCUT2D eigenvalue weighted by molar-refractivity contribution is -0.142. The number of primary amides is 1. The predicted octanol–water partition coefficient (Wildman–Crippen LogP) is 2.41. The van der Waals surface area contributed by atoms with Crippen LogP contribution in [0.5, 0.6) is 0 Å². The fourth-order valence-electron chi connectivity index (χ4n) is 2.92. The molecule has 3 rings (SSSR count). The molecule has 0 aromatic carbocycles. The Morgan fingerprint density at radius 2 is 1.96 bits per heavy atom. The van der Waals surface area contributed by atoms with E-state index in [2.05, 4.69) is 15.0 Å². The van der Waals surface area contributed by atoms with E-state index < -0.39 is 22.7 Å². The molecule has 0 spiro atoms. The van der Waals surface area contributed by atoms with Crippen molar-refractivity contribution in [2.45, 2.75) is 26.2 Å². The molecule has 3 aromatic rings. The number of pyridine rings is 3. The molecule has 0 atom stereocenters. The van der Waals surface area contributed by atoms with Gasteiger partial charge in [0.05, 0.1) is 27.3 Å². The first-order valence-electron chi connectivity index (χ1n) is 8.27. The van der Waals surface area contributed by atoms with Crippen LogP contribution in [0.25, 0.3) is 22.2 Å². The maximum atomic E-state index is 12.6. The van der Waals surface area contributed by atoms with Crippen LogP contribution in [-0.4, -0.2) is 31.9 Å². The number of amides is 1. The first-order valence-corrected chi connectivity index (χ1v) is 8.65. The molecule has 0 aliphatic rings. The number of carbonyl (C=O) groups excluding carboxylic acids is 1. The van der Waals surface area contributed by atoms with Gasteiger partial charge in [0.1, 0.15) is 11.1 Å². The summed E-state index contributed by atoms with van der Waals surface area (Å²) >= 11 is 6.32. The Morgan fingerprint density at radius 1 is 1.29 bits per heavy atom. The maximum Gasteiger partial charge on any atom is 0.315 e. The smallest absolute Gasteiger partial charge is 0.315 e. The molecule has 3 aromatic heterocycles. The first kappa shape index (κ1) is 19.5. The zero-order valence-corrected chi connectivity index (χ0v) is 16.1. The molecule has 0 radical (unpaired) electrons. The second-order valence-corrected chi connectivity index (χ2v) is 7.28. The Morgan fingerprint density at radius 3 is 2.57 bits per heavy atom. The van der Waals surface area contributed by atoms with Gasteiger partial charge in [0.25, 0.3) is 5.91 Å². The van der Waals surface area contributed by atoms with Crippen LogP contribution in [-0.2, 0) is 10.2 Å². The van der Waals surface area contributed by atoms with E-state index in [1.54, 1.807) is 19.1 Å². The molecule has 0 fully saturated rings. The number of hydrogen-bond acceptors (Lipinski definition) is 5. The highest BCUT2D eigenvalue weighted by atomic mass is 35.5. The monoisotopic (exact) mass is 400 g/mol. The van der Waals surface area contributed by atoms with Crippen LogP contribution in [0, 0.1) is 6.92 Å². The normalized spacial score (nSPS) is 11.6. The Hall–Kier alpha value is -3.26. The van der Waals surface area contributed by atoms with Crippen molar-refractivity contribution in [1.82, 2.24) is 15.0 Å². The molecule has 8 nitrogen and oxygen atoms in total. The number of aromatic nitrogens is 3. The topological polar surface area (TPSA) is 139 Å². The molecule has 9 heteroatoms. The number of hydrogen-bond donors (Lipinski definition) is 3. The lowest BCUT2D eigenvalue weighted by Crippen LogP contribution is -2.30. The summed E-state index contributed by atoms with van der Waals surface area (Å²) in [5.74, 6) is -1.86. The molecule has 0 unspecified atom stereocenters. The molecule has 0 saturated carbocycles. The number of H-pyrrole nitrogens is 1. The van der Waals surface area contributed by atoms with E-state index in [1.807, 2.05) is 0 Å². The van der Waals surface area contributed by atoms with E-state index in [0.29, 0.717) is 22.5 Å². The van der Waals surface area contributed by atoms with Gasteiger partial charge < -0.3 is 15.8 Å². The number of carbonyl (C=O) groups is 2. The molecule has 0 aliphatic heterocycles. The van der Waals surface area contributed by atoms with Gasteiger partial charge in [-0.3, -0.25) is 24.4 Å². The van der Waals surface area contributed by atoms with Crippen LogP contribution in [0.2, 0.25) is 5.02 Å². The molecular weight excluding hydrogens is 384 g/mol. The summed E-state index contributed by atoms with van der Waals surface area (Å²) in [5.41, 5.74) is 5.53. The molecule has 0 bridgehead atoms. The lowest BCUT2D eigenvalue weighted by atomic mass is 9.88. The second kappa shape index (κ2) is 6.72. The van der Waals surface area contributed by atoms with Crippen molar-refractivity contribution < 1.29 is 14.7 Å². The number of nitrogens with one attached hydrogen (secondary N) is 1. The van der Waals surface area contributed by atoms with Gasteiger partial charge in [-0.05, 0) is 32.9 Å². The molecule has 4 N–H and O–H groups in total. The standard InChI is InChI=1S/C19H17ClN4O4/c1-8-9(6-10(20)16(23-8)19(2,3)18(27)28)12-7-13(25)14-11(24-12)4-5-22-15(14)17(21)26/h4-7H,1-3H3,(H2,21,26)(H,24,25)(H,27,28). The summed E-state index contributed by atoms with van der Waals surface area (Å²) in [7, 11) is 0. The number of aliphatic carboxylic acids is 1. The number of aryl methyl sites for hydroxylation is 1. The van der Waals surface area contributed by atoms with E-state index in [1.165, 1.54) is 26.1 Å². The second-order valence-electron chi connectivity index (χ2n) is 6.88. The van der Waals surface area contributed by atoms with E-state index in [-0.39, 0.29) is 21.8 Å². The average Bonchev–Trinajstić information content (AvgIpc) is 2.62. The molecule has 28 heavy (non-hydrogen) atoms. The van der Waals surface area contributed by atoms with Gasteiger partial charge in [-0.1, -0.05) is 11.6 Å². The maximum absolute atomic E-state index is 12.6. The molecule has 1 amide bonds. The molecule has 0 aliphatic carbocycles. The summed E-state index contributed by atoms with van der Waals surface area (Å²) in [6.07, 6.45) is 1.37. The van der Waals surface area contributed by atoms with Gasteiger partial charge in [0, 0.05) is 23.5 Å². The lowest BCUT2D eigenvalue weighted by Gasteiger charge is -2.21. The van der Waals surface area contributed by atoms with Gasteiger partial charge >= 0.3 is 5.97 Å². The zero-order chi connectivity index (χ0) is 20.8. The fourth-order valence-corrected chi connectivity index (χ4v) is 3.31. The third-order valence-corrected chi connectivity index (χ3v) is 4.85. The first-order chi connectivity index (χ1) is 13.0. The van der Waals surface area contributed by atoms with Crippen molar-refractivity contribution >= 4 is 34.4 Å². The van der Waals surface area contributed by atoms with Crippen molar-refractivity contribution in [1.29, 1.82) is 0 Å². The van der Waals surface area contributed by atoms with E-state index in [0.717, 1.165) is 0 Å². The number of nitrogens with two attached hydrogens (primary N) is 1. The van der Waals surface area contributed by atoms with Crippen molar-refractivity contribution in [3.8, 4) is 11.3 Å². The molecular formula is C19H17ClN4O4. The quantitative estimate of drug-likeness (QED) is 0.614. The Kier molecular flexibility index (Phi) is 4.68. The minimum atomic E-state index is -1.28. The minimum absolute atomic E-state index is 0.0964. The summed E-state index contributed by atoms with van der Waals surface area (Å²) in [5, 5.41) is 9.70. The highest BCUT2D eigenvalue weighted by Crippen LogP contribution is 2.33. The predicted molar refractivity (Wildman–Crippen MR) is 105 cm³/mol. The summed E-state index contributed by atoms with van der Waals surface area (Å²) < 4.78 is 0. The highest BCUT2D eigenvalue weighted by Gasteiger charge is 2.34. The average molecular weight is 401 g/mol. The SMILES string of the molecule is Cc1nc(C(C)(C)C(=O)O)c(Cl)cc1-c1cc(=O)c2c(C(N)=O)nccc2[nH]1. The van der Waals surface area contributed by atoms with Gasteiger partial charge in [-0.25, -0.2) is 0 Å². The number of aromatic amines is 1. The molecule has 3 heterocycles. The molecule has 0 saturated heterocycles. The van der Waals surface area contributed by atoms with Crippen molar-refractivity contribution in [2.75, 3.05) is 0 Å². The fraction of sp³-hybridized carbons (Fsp3) is 0.211. The van der Waals surface area contributed by atoms with Gasteiger partial charge in [0.2, 0.25) is 0 Å². The van der Waals surface area contributed by atoms with Crippen LogP contribution in [0.15, 0.2) is 29.2 Å². The van der Waals surface area contributed by atoms with E-state index >= 15 is 0 Å². The van der Waals surface area contributed by atoms with Crippen LogP contribution in [0.1, 0.15) is 35.7 Å². The molecule has 144 valence electrons. The Labute approximate surface area is 164 Å². The van der Waals surface area contributed by atoms with Crippen LogP contribution in [0.4, 0.5) is 0 Å². The number of carboxylic acids is 1. The Balaban J connectivity index is 2.24. The van der Waals surface area contributed by atoms with Crippen LogP contribution in [0.3, 0.4) is 0 Å². The third kappa shape index (κ3) is 3.11. The number of carboxylic acid groups (broad SMARTS) is 1. The summed E-state index contributed by atoms with van der Waals surface area (Å²) in [4.78, 5) is 47.0. The number of nitrogens with zero attached hydrogens (tertiary/aromatic N) is 2. The van der Waals surface area contributed by atoms with E-state index in [4.69, 9.17) is 17.3 Å². The van der Waals surface area contributed by atoms with Gasteiger partial charge in [-0.2, -0.15) is 0 Å². The van der Waals surface area contributed by atoms with Crippen molar-refractivity contribution in [3.05, 3.63) is 56.7 Å². The summed E-state index contributed by atoms with van der Waals surface area (Å²) in [6.45, 7) is 4.72. The summed E-state index contributed by atoms with van der Waals surface area (Å²) in [6, 6.07) is 4.43.